The van der Waals surface area contributed by atoms with Gasteiger partial charge in [-0.1, -0.05) is 140 Å². The Morgan fingerprint density at radius 1 is 0.386 bits per heavy atom. The van der Waals surface area contributed by atoms with E-state index in [2.05, 4.69) is 239 Å². The number of hydrogen-bond donors (Lipinski definition) is 0. The summed E-state index contributed by atoms with van der Waals surface area (Å²) in [6, 6.07) is 73.0. The quantitative estimate of drug-likeness (QED) is 0.162. The van der Waals surface area contributed by atoms with Gasteiger partial charge in [0.05, 0.1) is 17.1 Å². The second kappa shape index (κ2) is 13.7. The van der Waals surface area contributed by atoms with Crippen LogP contribution in [0.4, 0.5) is 28.4 Å². The molecule has 0 saturated carbocycles. The number of allylic oxidation sites excluding steroid dienone is 2. The summed E-state index contributed by atoms with van der Waals surface area (Å²) in [5.41, 5.74) is 15.6. The van der Waals surface area contributed by atoms with Gasteiger partial charge in [-0.3, -0.25) is 0 Å². The van der Waals surface area contributed by atoms with Crippen molar-refractivity contribution in [2.75, 3.05) is 9.80 Å². The minimum atomic E-state index is 0.265. The molecule has 8 aromatic carbocycles. The predicted molar refractivity (Wildman–Crippen MR) is 240 cm³/mol. The topological polar surface area (TPSA) is 11.4 Å². The van der Waals surface area contributed by atoms with Gasteiger partial charge in [-0.05, 0) is 113 Å². The molecule has 2 aliphatic rings. The van der Waals surface area contributed by atoms with Crippen LogP contribution in [0.3, 0.4) is 0 Å². The van der Waals surface area contributed by atoms with Crippen molar-refractivity contribution in [2.45, 2.75) is 12.0 Å². The second-order valence-corrected chi connectivity index (χ2v) is 14.9. The molecule has 9 aromatic rings. The fourth-order valence-electron chi connectivity index (χ4n) is 9.04. The molecule has 0 saturated heterocycles. The highest BCUT2D eigenvalue weighted by atomic mass is 15.2. The summed E-state index contributed by atoms with van der Waals surface area (Å²) in [6.45, 7) is 0. The van der Waals surface area contributed by atoms with Crippen molar-refractivity contribution in [3.05, 3.63) is 230 Å². The molecule has 3 heteroatoms. The van der Waals surface area contributed by atoms with Crippen molar-refractivity contribution >= 4 is 50.2 Å². The molecule has 0 spiro atoms. The molecule has 11 rings (SSSR count). The number of rotatable bonds is 7. The van der Waals surface area contributed by atoms with Gasteiger partial charge in [0.1, 0.15) is 0 Å². The molecule has 270 valence electrons. The number of aromatic nitrogens is 1. The average Bonchev–Trinajstić information content (AvgIpc) is 3.81. The largest absolute Gasteiger partial charge is 0.333 e. The first-order valence-corrected chi connectivity index (χ1v) is 19.8. The highest BCUT2D eigenvalue weighted by Crippen LogP contribution is 2.48. The molecule has 0 bridgehead atoms. The number of para-hydroxylation sites is 3. The van der Waals surface area contributed by atoms with Gasteiger partial charge < -0.3 is 14.4 Å². The van der Waals surface area contributed by atoms with Crippen LogP contribution in [0.25, 0.3) is 49.7 Å². The molecule has 0 radical (unpaired) electrons. The Balaban J connectivity index is 0.971. The molecule has 3 nitrogen and oxygen atoms in total. The Bertz CT molecular complexity index is 2940. The normalized spacial score (nSPS) is 15.5. The van der Waals surface area contributed by atoms with Gasteiger partial charge in [0.2, 0.25) is 0 Å². The van der Waals surface area contributed by atoms with E-state index in [1.165, 1.54) is 66.7 Å². The summed E-state index contributed by atoms with van der Waals surface area (Å²) in [7, 11) is 0. The van der Waals surface area contributed by atoms with Gasteiger partial charge in [-0.25, -0.2) is 0 Å². The highest BCUT2D eigenvalue weighted by Gasteiger charge is 2.37. The molecule has 1 aromatic heterocycles. The molecule has 2 atom stereocenters. The minimum Gasteiger partial charge on any atom is -0.333 e. The van der Waals surface area contributed by atoms with Crippen molar-refractivity contribution < 1.29 is 0 Å². The van der Waals surface area contributed by atoms with Crippen molar-refractivity contribution in [2.24, 2.45) is 0 Å². The number of benzene rings is 8. The maximum Gasteiger partial charge on any atom is 0.0629 e. The zero-order valence-electron chi connectivity index (χ0n) is 31.4. The molecule has 57 heavy (non-hydrogen) atoms. The van der Waals surface area contributed by atoms with E-state index in [-0.39, 0.29) is 6.04 Å². The van der Waals surface area contributed by atoms with Gasteiger partial charge in [0.15, 0.2) is 0 Å². The van der Waals surface area contributed by atoms with Crippen LogP contribution >= 0.6 is 0 Å². The summed E-state index contributed by atoms with van der Waals surface area (Å²) in [6.07, 6.45) is 9.03. The lowest BCUT2D eigenvalue weighted by atomic mass is 9.91. The summed E-state index contributed by atoms with van der Waals surface area (Å²) < 4.78 is 2.37. The van der Waals surface area contributed by atoms with E-state index < -0.39 is 0 Å². The van der Waals surface area contributed by atoms with Crippen LogP contribution in [-0.4, -0.2) is 10.6 Å². The van der Waals surface area contributed by atoms with Gasteiger partial charge in [-0.2, -0.15) is 0 Å². The third-order valence-electron chi connectivity index (χ3n) is 11.7. The van der Waals surface area contributed by atoms with Gasteiger partial charge in [0.25, 0.3) is 0 Å². The monoisotopic (exact) mass is 729 g/mol. The lowest BCUT2D eigenvalue weighted by molar-refractivity contribution is 0.745. The Morgan fingerprint density at radius 2 is 0.930 bits per heavy atom. The first-order chi connectivity index (χ1) is 28.3. The van der Waals surface area contributed by atoms with E-state index in [9.17, 15) is 0 Å². The lowest BCUT2D eigenvalue weighted by Crippen LogP contribution is -2.28. The van der Waals surface area contributed by atoms with Crippen molar-refractivity contribution in [1.29, 1.82) is 0 Å². The molecule has 1 aliphatic heterocycles. The highest BCUT2D eigenvalue weighted by molar-refractivity contribution is 6.10. The molecule has 0 amide bonds. The number of anilines is 5. The van der Waals surface area contributed by atoms with Crippen LogP contribution in [0.2, 0.25) is 0 Å². The summed E-state index contributed by atoms with van der Waals surface area (Å²) in [4.78, 5) is 4.86. The maximum absolute atomic E-state index is 2.49. The number of hydrogen-bond acceptors (Lipinski definition) is 2. The summed E-state index contributed by atoms with van der Waals surface area (Å²) in [5.74, 6) is 0.354. The zero-order chi connectivity index (χ0) is 37.7. The average molecular weight is 730 g/mol. The van der Waals surface area contributed by atoms with Crippen molar-refractivity contribution in [1.82, 2.24) is 4.57 Å². The van der Waals surface area contributed by atoms with Crippen LogP contribution in [0.1, 0.15) is 11.5 Å². The Hall–Kier alpha value is -7.36. The lowest BCUT2D eigenvalue weighted by Gasteiger charge is -2.30. The fraction of sp³-hybridized carbons (Fsp3) is 0.0370. The smallest absolute Gasteiger partial charge is 0.0629 e. The third-order valence-corrected chi connectivity index (χ3v) is 11.7. The van der Waals surface area contributed by atoms with Crippen LogP contribution in [0, 0.1) is 0 Å². The Kier molecular flexibility index (Phi) is 7.96. The number of fused-ring (bicyclic) bond motifs is 6. The predicted octanol–water partition coefficient (Wildman–Crippen LogP) is 14.3. The standard InChI is InChI=1S/C54H39N3/c1-3-13-38(14-4-1)39-23-28-43(29-24-39)55(45-32-34-46(35-33-45)57-51-20-10-7-17-47(51)48-18-8-11-21-52(48)57)44-30-25-40(26-31-44)41-27-36-54-50(37-41)49-19-9-12-22-53(49)56(54)42-15-5-2-6-16-42/h1-37,47,51H. The minimum absolute atomic E-state index is 0.265. The molecular weight excluding hydrogens is 691 g/mol. The first-order valence-electron chi connectivity index (χ1n) is 19.8. The van der Waals surface area contributed by atoms with Crippen LogP contribution in [0.15, 0.2) is 224 Å². The molecule has 0 N–H and O–H groups in total. The van der Waals surface area contributed by atoms with E-state index in [1.54, 1.807) is 0 Å². The Labute approximate surface area is 333 Å². The summed E-state index contributed by atoms with van der Waals surface area (Å²) in [5, 5.41) is 2.51. The molecule has 2 unspecified atom stereocenters. The SMILES string of the molecule is C1=CC2c3ccccc3N(c3ccc(N(c4ccc(-c5ccccc5)cc4)c4ccc(-c5ccc6c(c5)c5ccccc5n6-c5ccccc5)cc4)cc3)C2C=C1. The van der Waals surface area contributed by atoms with Crippen molar-refractivity contribution in [3.63, 3.8) is 0 Å². The van der Waals surface area contributed by atoms with Gasteiger partial charge in [0, 0.05) is 50.8 Å². The van der Waals surface area contributed by atoms with E-state index >= 15 is 0 Å². The molecular formula is C54H39N3. The molecule has 2 heterocycles. The molecule has 1 aliphatic carbocycles. The van der Waals surface area contributed by atoms with Crippen LogP contribution in [-0.2, 0) is 0 Å². The van der Waals surface area contributed by atoms with Gasteiger partial charge >= 0.3 is 0 Å². The zero-order valence-corrected chi connectivity index (χ0v) is 31.4. The van der Waals surface area contributed by atoms with E-state index in [0.29, 0.717) is 5.92 Å². The fourth-order valence-corrected chi connectivity index (χ4v) is 9.04. The number of nitrogens with zero attached hydrogens (tertiary/aromatic N) is 3. The second-order valence-electron chi connectivity index (χ2n) is 14.9. The van der Waals surface area contributed by atoms with Crippen molar-refractivity contribution in [3.8, 4) is 27.9 Å². The summed E-state index contributed by atoms with van der Waals surface area (Å²) >= 11 is 0. The first kappa shape index (κ1) is 33.0. The van der Waals surface area contributed by atoms with Gasteiger partial charge in [-0.15, -0.1) is 0 Å². The maximum atomic E-state index is 2.49. The molecule has 0 fully saturated rings. The van der Waals surface area contributed by atoms with Crippen LogP contribution < -0.4 is 9.80 Å². The van der Waals surface area contributed by atoms with Crippen LogP contribution in [0.5, 0.6) is 0 Å². The van der Waals surface area contributed by atoms with E-state index in [1.807, 2.05) is 0 Å². The third kappa shape index (κ3) is 5.67. The van der Waals surface area contributed by atoms with E-state index in [0.717, 1.165) is 17.1 Å². The Morgan fingerprint density at radius 3 is 1.67 bits per heavy atom. The van der Waals surface area contributed by atoms with E-state index in [4.69, 9.17) is 0 Å².